The molecule has 20 heavy (non-hydrogen) atoms. The smallest absolute Gasteiger partial charge is 0.162 e. The molecule has 2 rings (SSSR count). The summed E-state index contributed by atoms with van der Waals surface area (Å²) in [6, 6.07) is 4.17. The summed E-state index contributed by atoms with van der Waals surface area (Å²) in [5.41, 5.74) is 1.12. The Balaban J connectivity index is 2.31. The molecule has 3 nitrogen and oxygen atoms in total. The van der Waals surface area contributed by atoms with E-state index in [-0.39, 0.29) is 0 Å². The average Bonchev–Trinajstić information content (AvgIpc) is 3.17. The van der Waals surface area contributed by atoms with E-state index >= 15 is 0 Å². The third-order valence-corrected chi connectivity index (χ3v) is 4.38. The van der Waals surface area contributed by atoms with E-state index in [4.69, 9.17) is 21.1 Å². The van der Waals surface area contributed by atoms with Crippen molar-refractivity contribution < 1.29 is 9.47 Å². The van der Waals surface area contributed by atoms with Crippen LogP contribution in [-0.2, 0) is 0 Å². The summed E-state index contributed by atoms with van der Waals surface area (Å²) in [5, 5.41) is 4.37. The SMILES string of the molecule is CCCNC(c1cc(OC)c(OC)cc1Cl)C1CC1C. The van der Waals surface area contributed by atoms with Gasteiger partial charge in [0.15, 0.2) is 11.5 Å². The molecule has 1 aliphatic carbocycles. The first kappa shape index (κ1) is 15.5. The van der Waals surface area contributed by atoms with Crippen LogP contribution in [0, 0.1) is 11.8 Å². The minimum Gasteiger partial charge on any atom is -0.493 e. The molecule has 1 aliphatic rings. The lowest BCUT2D eigenvalue weighted by Crippen LogP contribution is -2.24. The highest BCUT2D eigenvalue weighted by atomic mass is 35.5. The molecule has 3 unspecified atom stereocenters. The molecular weight excluding hydrogens is 274 g/mol. The Labute approximate surface area is 126 Å². The molecule has 112 valence electrons. The van der Waals surface area contributed by atoms with Gasteiger partial charge in [-0.1, -0.05) is 25.4 Å². The van der Waals surface area contributed by atoms with Gasteiger partial charge in [-0.25, -0.2) is 0 Å². The molecule has 1 saturated carbocycles. The van der Waals surface area contributed by atoms with E-state index in [1.54, 1.807) is 14.2 Å². The molecule has 0 amide bonds. The monoisotopic (exact) mass is 297 g/mol. The molecule has 0 spiro atoms. The number of rotatable bonds is 7. The van der Waals surface area contributed by atoms with Crippen molar-refractivity contribution in [1.29, 1.82) is 0 Å². The molecular formula is C16H24ClNO2. The molecule has 0 bridgehead atoms. The third-order valence-electron chi connectivity index (χ3n) is 4.05. The predicted molar refractivity (Wildman–Crippen MR) is 82.9 cm³/mol. The van der Waals surface area contributed by atoms with Gasteiger partial charge in [-0.05, 0) is 42.9 Å². The largest absolute Gasteiger partial charge is 0.493 e. The fourth-order valence-electron chi connectivity index (χ4n) is 2.72. The molecule has 0 radical (unpaired) electrons. The van der Waals surface area contributed by atoms with Gasteiger partial charge in [-0.2, -0.15) is 0 Å². The first-order valence-corrected chi connectivity index (χ1v) is 7.64. The van der Waals surface area contributed by atoms with E-state index in [1.807, 2.05) is 12.1 Å². The maximum Gasteiger partial charge on any atom is 0.162 e. The molecule has 0 heterocycles. The Kier molecular flexibility index (Phi) is 5.17. The highest BCUT2D eigenvalue weighted by molar-refractivity contribution is 6.31. The summed E-state index contributed by atoms with van der Waals surface area (Å²) < 4.78 is 10.7. The van der Waals surface area contributed by atoms with Crippen LogP contribution in [0.5, 0.6) is 11.5 Å². The highest BCUT2D eigenvalue weighted by Gasteiger charge is 2.40. The molecule has 1 aromatic rings. The highest BCUT2D eigenvalue weighted by Crippen LogP contribution is 2.49. The maximum atomic E-state index is 6.45. The first-order valence-electron chi connectivity index (χ1n) is 7.27. The Hall–Kier alpha value is -0.930. The van der Waals surface area contributed by atoms with Gasteiger partial charge in [-0.15, -0.1) is 0 Å². The van der Waals surface area contributed by atoms with E-state index in [9.17, 15) is 0 Å². The van der Waals surface area contributed by atoms with Crippen molar-refractivity contribution in [3.05, 3.63) is 22.7 Å². The Bertz CT molecular complexity index is 464. The van der Waals surface area contributed by atoms with Gasteiger partial charge in [0.05, 0.1) is 14.2 Å². The van der Waals surface area contributed by atoms with Crippen LogP contribution in [-0.4, -0.2) is 20.8 Å². The minimum absolute atomic E-state index is 0.303. The fourth-order valence-corrected chi connectivity index (χ4v) is 2.99. The fraction of sp³-hybridized carbons (Fsp3) is 0.625. The van der Waals surface area contributed by atoms with Crippen molar-refractivity contribution >= 4 is 11.6 Å². The van der Waals surface area contributed by atoms with Crippen LogP contribution in [0.3, 0.4) is 0 Å². The van der Waals surface area contributed by atoms with Crippen LogP contribution in [0.1, 0.15) is 38.3 Å². The summed E-state index contributed by atoms with van der Waals surface area (Å²) in [6.45, 7) is 5.47. The number of methoxy groups -OCH3 is 2. The second kappa shape index (κ2) is 6.68. The molecule has 0 aliphatic heterocycles. The lowest BCUT2D eigenvalue weighted by molar-refractivity contribution is 0.353. The van der Waals surface area contributed by atoms with E-state index in [0.29, 0.717) is 17.7 Å². The number of ether oxygens (including phenoxy) is 2. The molecule has 1 aromatic carbocycles. The van der Waals surface area contributed by atoms with E-state index in [0.717, 1.165) is 35.2 Å². The number of hydrogen-bond donors (Lipinski definition) is 1. The lowest BCUT2D eigenvalue weighted by atomic mass is 10.00. The van der Waals surface area contributed by atoms with Crippen LogP contribution in [0.25, 0.3) is 0 Å². The maximum absolute atomic E-state index is 6.45. The van der Waals surface area contributed by atoms with Gasteiger partial charge >= 0.3 is 0 Å². The third kappa shape index (κ3) is 3.21. The zero-order valence-corrected chi connectivity index (χ0v) is 13.5. The predicted octanol–water partition coefficient (Wildman–Crippen LogP) is 4.05. The molecule has 0 aromatic heterocycles. The standard InChI is InChI=1S/C16H24ClNO2/c1-5-6-18-16(11-7-10(11)2)12-8-14(19-3)15(20-4)9-13(12)17/h8-11,16,18H,5-7H2,1-4H3. The molecule has 0 saturated heterocycles. The van der Waals surface area contributed by atoms with Crippen molar-refractivity contribution in [1.82, 2.24) is 5.32 Å². The quantitative estimate of drug-likeness (QED) is 0.823. The van der Waals surface area contributed by atoms with Gasteiger partial charge < -0.3 is 14.8 Å². The minimum atomic E-state index is 0.303. The van der Waals surface area contributed by atoms with Crippen molar-refractivity contribution in [3.8, 4) is 11.5 Å². The van der Waals surface area contributed by atoms with Crippen molar-refractivity contribution in [2.24, 2.45) is 11.8 Å². The van der Waals surface area contributed by atoms with Gasteiger partial charge in [-0.3, -0.25) is 0 Å². The number of halogens is 1. The van der Waals surface area contributed by atoms with E-state index in [2.05, 4.69) is 19.2 Å². The van der Waals surface area contributed by atoms with Crippen LogP contribution < -0.4 is 14.8 Å². The Morgan fingerprint density at radius 3 is 2.40 bits per heavy atom. The van der Waals surface area contributed by atoms with Crippen LogP contribution in [0.2, 0.25) is 5.02 Å². The van der Waals surface area contributed by atoms with E-state index < -0.39 is 0 Å². The summed E-state index contributed by atoms with van der Waals surface area (Å²) >= 11 is 6.45. The van der Waals surface area contributed by atoms with Crippen LogP contribution in [0.4, 0.5) is 0 Å². The molecule has 4 heteroatoms. The van der Waals surface area contributed by atoms with Crippen LogP contribution >= 0.6 is 11.6 Å². The second-order valence-corrected chi connectivity index (χ2v) is 5.94. The lowest BCUT2D eigenvalue weighted by Gasteiger charge is -2.22. The Morgan fingerprint density at radius 2 is 1.90 bits per heavy atom. The Morgan fingerprint density at radius 1 is 1.30 bits per heavy atom. The summed E-state index contributed by atoms with van der Waals surface area (Å²) in [4.78, 5) is 0. The molecule has 3 atom stereocenters. The zero-order valence-electron chi connectivity index (χ0n) is 12.7. The summed E-state index contributed by atoms with van der Waals surface area (Å²) in [7, 11) is 3.29. The zero-order chi connectivity index (χ0) is 14.7. The average molecular weight is 298 g/mol. The number of benzene rings is 1. The molecule has 1 fully saturated rings. The van der Waals surface area contributed by atoms with Gasteiger partial charge in [0.2, 0.25) is 0 Å². The first-order chi connectivity index (χ1) is 9.62. The van der Waals surface area contributed by atoms with Gasteiger partial charge in [0.1, 0.15) is 0 Å². The van der Waals surface area contributed by atoms with Crippen molar-refractivity contribution in [2.45, 2.75) is 32.7 Å². The van der Waals surface area contributed by atoms with Crippen LogP contribution in [0.15, 0.2) is 12.1 Å². The topological polar surface area (TPSA) is 30.5 Å². The number of nitrogens with one attached hydrogen (secondary N) is 1. The van der Waals surface area contributed by atoms with E-state index in [1.165, 1.54) is 6.42 Å². The van der Waals surface area contributed by atoms with Crippen molar-refractivity contribution in [3.63, 3.8) is 0 Å². The second-order valence-electron chi connectivity index (χ2n) is 5.54. The van der Waals surface area contributed by atoms with Gasteiger partial charge in [0, 0.05) is 17.1 Å². The normalized spacial score (nSPS) is 22.4. The number of hydrogen-bond acceptors (Lipinski definition) is 3. The summed E-state index contributed by atoms with van der Waals surface area (Å²) in [5.74, 6) is 2.84. The molecule has 1 N–H and O–H groups in total. The van der Waals surface area contributed by atoms with Crippen molar-refractivity contribution in [2.75, 3.05) is 20.8 Å². The summed E-state index contributed by atoms with van der Waals surface area (Å²) in [6.07, 6.45) is 2.37. The van der Waals surface area contributed by atoms with Gasteiger partial charge in [0.25, 0.3) is 0 Å².